The summed E-state index contributed by atoms with van der Waals surface area (Å²) in [4.78, 5) is 12.1. The number of halogens is 2. The Bertz CT molecular complexity index is 1010. The lowest BCUT2D eigenvalue weighted by Crippen LogP contribution is -2.18. The van der Waals surface area contributed by atoms with Gasteiger partial charge in [0.1, 0.15) is 0 Å². The molecule has 1 atom stereocenters. The molecule has 7 heteroatoms. The summed E-state index contributed by atoms with van der Waals surface area (Å²) < 4.78 is 0. The zero-order valence-corrected chi connectivity index (χ0v) is 16.3. The monoisotopic (exact) mass is 416 g/mol. The predicted octanol–water partition coefficient (Wildman–Crippen LogP) is 6.11. The SMILES string of the molecule is O=C(O)c1ccc(N2N=C(c3sccc3Cl)CC2c2ccc(Cl)cc2)cc1. The van der Waals surface area contributed by atoms with Gasteiger partial charge in [-0.15, -0.1) is 11.3 Å². The Balaban J connectivity index is 1.74. The molecule has 1 N–H and O–H groups in total. The van der Waals surface area contributed by atoms with Crippen LogP contribution < -0.4 is 5.01 Å². The van der Waals surface area contributed by atoms with Crippen molar-refractivity contribution in [3.63, 3.8) is 0 Å². The molecule has 2 aromatic carbocycles. The first-order valence-electron chi connectivity index (χ1n) is 8.22. The lowest BCUT2D eigenvalue weighted by Gasteiger charge is -2.24. The number of hydrogen-bond donors (Lipinski definition) is 1. The standard InChI is InChI=1S/C20H14Cl2N2O2S/c21-14-5-1-12(2-6-14)18-11-17(19-16(22)9-10-27-19)23-24(18)15-7-3-13(4-8-15)20(25)26/h1-10,18H,11H2,(H,25,26). The topological polar surface area (TPSA) is 52.9 Å². The van der Waals surface area contributed by atoms with Gasteiger partial charge in [0.05, 0.1) is 32.9 Å². The minimum atomic E-state index is -0.952. The van der Waals surface area contributed by atoms with Gasteiger partial charge in [0.2, 0.25) is 0 Å². The van der Waals surface area contributed by atoms with Crippen molar-refractivity contribution in [2.24, 2.45) is 5.10 Å². The molecule has 0 radical (unpaired) electrons. The molecule has 0 spiro atoms. The molecule has 3 aromatic rings. The fourth-order valence-corrected chi connectivity index (χ4v) is 4.37. The van der Waals surface area contributed by atoms with Crippen LogP contribution in [0.2, 0.25) is 10.0 Å². The summed E-state index contributed by atoms with van der Waals surface area (Å²) in [5, 5.41) is 19.2. The summed E-state index contributed by atoms with van der Waals surface area (Å²) in [6.07, 6.45) is 0.697. The number of nitrogens with zero attached hydrogens (tertiary/aromatic N) is 2. The van der Waals surface area contributed by atoms with Crippen LogP contribution in [0.25, 0.3) is 0 Å². The molecule has 0 fully saturated rings. The molecular weight excluding hydrogens is 403 g/mol. The highest BCUT2D eigenvalue weighted by atomic mass is 35.5. The van der Waals surface area contributed by atoms with Crippen molar-refractivity contribution in [3.05, 3.63) is 86.0 Å². The van der Waals surface area contributed by atoms with Crippen LogP contribution in [0.3, 0.4) is 0 Å². The minimum Gasteiger partial charge on any atom is -0.478 e. The number of thiophene rings is 1. The average molecular weight is 417 g/mol. The smallest absolute Gasteiger partial charge is 0.335 e. The molecule has 4 rings (SSSR count). The Morgan fingerprint density at radius 2 is 1.78 bits per heavy atom. The maximum Gasteiger partial charge on any atom is 0.335 e. The average Bonchev–Trinajstić information content (AvgIpc) is 3.28. The highest BCUT2D eigenvalue weighted by molar-refractivity contribution is 7.12. The normalized spacial score (nSPS) is 16.4. The lowest BCUT2D eigenvalue weighted by atomic mass is 10.0. The zero-order chi connectivity index (χ0) is 19.0. The zero-order valence-electron chi connectivity index (χ0n) is 14.0. The Kier molecular flexibility index (Phi) is 4.91. The molecular formula is C20H14Cl2N2O2S. The Morgan fingerprint density at radius 3 is 2.37 bits per heavy atom. The number of benzene rings is 2. The number of rotatable bonds is 4. The van der Waals surface area contributed by atoms with Crippen molar-refractivity contribution >= 4 is 51.9 Å². The van der Waals surface area contributed by atoms with Crippen LogP contribution in [0, 0.1) is 0 Å². The summed E-state index contributed by atoms with van der Waals surface area (Å²) in [6.45, 7) is 0. The van der Waals surface area contributed by atoms with E-state index >= 15 is 0 Å². The van der Waals surface area contributed by atoms with E-state index in [-0.39, 0.29) is 11.6 Å². The maximum absolute atomic E-state index is 11.1. The molecule has 0 bridgehead atoms. The second kappa shape index (κ2) is 7.35. The van der Waals surface area contributed by atoms with Gasteiger partial charge >= 0.3 is 5.97 Å². The number of carbonyl (C=O) groups is 1. The van der Waals surface area contributed by atoms with Crippen molar-refractivity contribution in [3.8, 4) is 0 Å². The van der Waals surface area contributed by atoms with Gasteiger partial charge in [0.15, 0.2) is 0 Å². The first-order chi connectivity index (χ1) is 13.0. The molecule has 0 amide bonds. The van der Waals surface area contributed by atoms with Crippen LogP contribution in [-0.4, -0.2) is 16.8 Å². The van der Waals surface area contributed by atoms with E-state index in [1.165, 1.54) is 0 Å². The Morgan fingerprint density at radius 1 is 1.07 bits per heavy atom. The second-order valence-corrected chi connectivity index (χ2v) is 7.87. The van der Waals surface area contributed by atoms with Crippen LogP contribution in [0.15, 0.2) is 65.1 Å². The molecule has 27 heavy (non-hydrogen) atoms. The number of anilines is 1. The molecule has 1 aliphatic heterocycles. The third kappa shape index (κ3) is 3.58. The van der Waals surface area contributed by atoms with Gasteiger partial charge in [0, 0.05) is 11.4 Å². The van der Waals surface area contributed by atoms with Crippen molar-refractivity contribution in [1.82, 2.24) is 0 Å². The van der Waals surface area contributed by atoms with Crippen LogP contribution >= 0.6 is 34.5 Å². The molecule has 4 nitrogen and oxygen atoms in total. The van der Waals surface area contributed by atoms with Gasteiger partial charge in [0.25, 0.3) is 0 Å². The van der Waals surface area contributed by atoms with Gasteiger partial charge in [-0.1, -0.05) is 35.3 Å². The fourth-order valence-electron chi connectivity index (χ4n) is 3.09. The van der Waals surface area contributed by atoms with E-state index in [2.05, 4.69) is 0 Å². The molecule has 0 saturated heterocycles. The van der Waals surface area contributed by atoms with Gasteiger partial charge in [-0.3, -0.25) is 5.01 Å². The van der Waals surface area contributed by atoms with E-state index in [4.69, 9.17) is 33.4 Å². The van der Waals surface area contributed by atoms with Gasteiger partial charge < -0.3 is 5.11 Å². The lowest BCUT2D eigenvalue weighted by molar-refractivity contribution is 0.0697. The summed E-state index contributed by atoms with van der Waals surface area (Å²) in [5.74, 6) is -0.952. The summed E-state index contributed by atoms with van der Waals surface area (Å²) >= 11 is 13.9. The maximum atomic E-state index is 11.1. The van der Waals surface area contributed by atoms with Gasteiger partial charge in [-0.2, -0.15) is 5.10 Å². The largest absolute Gasteiger partial charge is 0.478 e. The number of hydrogen-bond acceptors (Lipinski definition) is 4. The first kappa shape index (κ1) is 18.0. The Labute approximate surface area is 170 Å². The molecule has 136 valence electrons. The van der Waals surface area contributed by atoms with Crippen molar-refractivity contribution < 1.29 is 9.90 Å². The van der Waals surface area contributed by atoms with Crippen molar-refractivity contribution in [1.29, 1.82) is 0 Å². The number of carboxylic acids is 1. The summed E-state index contributed by atoms with van der Waals surface area (Å²) in [7, 11) is 0. The molecule has 1 aliphatic rings. The van der Waals surface area contributed by atoms with Crippen molar-refractivity contribution in [2.75, 3.05) is 5.01 Å². The summed E-state index contributed by atoms with van der Waals surface area (Å²) in [5.41, 5.74) is 3.06. The Hall–Kier alpha value is -2.34. The third-order valence-electron chi connectivity index (χ3n) is 4.42. The third-order valence-corrected chi connectivity index (χ3v) is 6.07. The van der Waals surface area contributed by atoms with E-state index in [1.54, 1.807) is 35.6 Å². The fraction of sp³-hybridized carbons (Fsp3) is 0.100. The molecule has 1 aromatic heterocycles. The highest BCUT2D eigenvalue weighted by Crippen LogP contribution is 2.39. The van der Waals surface area contributed by atoms with E-state index in [1.807, 2.05) is 40.7 Å². The van der Waals surface area contributed by atoms with Crippen molar-refractivity contribution in [2.45, 2.75) is 12.5 Å². The highest BCUT2D eigenvalue weighted by Gasteiger charge is 2.31. The van der Waals surface area contributed by atoms with Crippen LogP contribution in [0.4, 0.5) is 5.69 Å². The molecule has 0 aliphatic carbocycles. The van der Waals surface area contributed by atoms with Crippen LogP contribution in [0.1, 0.15) is 33.3 Å². The molecule has 0 saturated carbocycles. The van der Waals surface area contributed by atoms with E-state index in [0.29, 0.717) is 16.5 Å². The van der Waals surface area contributed by atoms with Crippen LogP contribution in [-0.2, 0) is 0 Å². The quantitative estimate of drug-likeness (QED) is 0.557. The number of hydrazone groups is 1. The van der Waals surface area contributed by atoms with Gasteiger partial charge in [-0.05, 0) is 53.4 Å². The van der Waals surface area contributed by atoms with Crippen LogP contribution in [0.5, 0.6) is 0 Å². The summed E-state index contributed by atoms with van der Waals surface area (Å²) in [6, 6.07) is 16.3. The number of carboxylic acid groups (broad SMARTS) is 1. The first-order valence-corrected chi connectivity index (χ1v) is 9.85. The second-order valence-electron chi connectivity index (χ2n) is 6.11. The molecule has 2 heterocycles. The van der Waals surface area contributed by atoms with E-state index in [0.717, 1.165) is 21.8 Å². The predicted molar refractivity (Wildman–Crippen MR) is 111 cm³/mol. The molecule has 1 unspecified atom stereocenters. The number of aromatic carboxylic acids is 1. The van der Waals surface area contributed by atoms with E-state index in [9.17, 15) is 4.79 Å². The van der Waals surface area contributed by atoms with Gasteiger partial charge in [-0.25, -0.2) is 4.79 Å². The van der Waals surface area contributed by atoms with E-state index < -0.39 is 5.97 Å². The minimum absolute atomic E-state index is 0.0221.